The summed E-state index contributed by atoms with van der Waals surface area (Å²) in [6.07, 6.45) is 3.94. The first-order chi connectivity index (χ1) is 21.8. The van der Waals surface area contributed by atoms with Crippen LogP contribution in [0.1, 0.15) is 61.7 Å². The number of benzene rings is 3. The minimum Gasteiger partial charge on any atom is -0.490 e. The zero-order valence-corrected chi connectivity index (χ0v) is 25.1. The number of Topliss-reactive ketones (excluding diaryl/α,β-unsaturated/α-hetero) is 1. The summed E-state index contributed by atoms with van der Waals surface area (Å²) in [7, 11) is 0. The van der Waals surface area contributed by atoms with Crippen LogP contribution in [0.25, 0.3) is 28.2 Å². The van der Waals surface area contributed by atoms with Gasteiger partial charge in [-0.15, -0.1) is 0 Å². The van der Waals surface area contributed by atoms with Gasteiger partial charge in [-0.1, -0.05) is 54.9 Å². The van der Waals surface area contributed by atoms with E-state index in [9.17, 15) is 14.4 Å². The molecule has 2 heterocycles. The van der Waals surface area contributed by atoms with E-state index in [-0.39, 0.29) is 29.7 Å². The van der Waals surface area contributed by atoms with Crippen molar-refractivity contribution >= 4 is 5.78 Å². The molecular weight excluding hydrogens is 575 g/mol. The molecule has 1 N–H and O–H groups in total. The molecule has 45 heavy (non-hydrogen) atoms. The van der Waals surface area contributed by atoms with Crippen LogP contribution in [0.2, 0.25) is 0 Å². The van der Waals surface area contributed by atoms with E-state index in [1.165, 1.54) is 6.07 Å². The van der Waals surface area contributed by atoms with E-state index < -0.39 is 11.6 Å². The van der Waals surface area contributed by atoms with Gasteiger partial charge in [-0.3, -0.25) is 23.7 Å². The monoisotopic (exact) mass is 608 g/mol. The third-order valence-corrected chi connectivity index (χ3v) is 8.16. The Hall–Kier alpha value is -5.12. The maximum absolute atomic E-state index is 15.7. The van der Waals surface area contributed by atoms with Crippen LogP contribution >= 0.6 is 0 Å². The molecule has 2 aromatic heterocycles. The largest absolute Gasteiger partial charge is 0.490 e. The molecule has 1 saturated carbocycles. The molecule has 6 rings (SSSR count). The number of ether oxygens (including phenoxy) is 1. The van der Waals surface area contributed by atoms with E-state index in [0.29, 0.717) is 82.9 Å². The van der Waals surface area contributed by atoms with E-state index in [4.69, 9.17) is 9.72 Å². The Kier molecular flexibility index (Phi) is 8.55. The molecule has 230 valence electrons. The highest BCUT2D eigenvalue weighted by atomic mass is 19.1. The van der Waals surface area contributed by atoms with E-state index in [1.54, 1.807) is 35.8 Å². The fourth-order valence-corrected chi connectivity index (χ4v) is 5.88. The maximum atomic E-state index is 15.7. The molecule has 0 spiro atoms. The highest BCUT2D eigenvalue weighted by Crippen LogP contribution is 2.31. The number of hydrogen-bond donors (Lipinski definition) is 1. The van der Waals surface area contributed by atoms with Gasteiger partial charge in [-0.25, -0.2) is 14.2 Å². The van der Waals surface area contributed by atoms with Crippen molar-refractivity contribution in [3.8, 4) is 34.0 Å². The van der Waals surface area contributed by atoms with Crippen molar-refractivity contribution in [3.05, 3.63) is 116 Å². The number of H-pyrrole nitrogens is 1. The molecule has 5 aromatic rings. The van der Waals surface area contributed by atoms with Crippen molar-refractivity contribution in [1.82, 2.24) is 19.7 Å². The first-order valence-electron chi connectivity index (χ1n) is 15.1. The summed E-state index contributed by atoms with van der Waals surface area (Å²) in [4.78, 5) is 44.4. The number of rotatable bonds is 9. The van der Waals surface area contributed by atoms with Gasteiger partial charge in [0.25, 0.3) is 5.56 Å². The summed E-state index contributed by atoms with van der Waals surface area (Å²) in [6, 6.07) is 19.4. The lowest BCUT2D eigenvalue weighted by molar-refractivity contribution is -0.121. The minimum absolute atomic E-state index is 0.000665. The van der Waals surface area contributed by atoms with Crippen LogP contribution in [0.3, 0.4) is 0 Å². The molecule has 9 nitrogen and oxygen atoms in total. The van der Waals surface area contributed by atoms with Gasteiger partial charge >= 0.3 is 5.76 Å². The highest BCUT2D eigenvalue weighted by Gasteiger charge is 2.21. The number of aromatic nitrogens is 4. The van der Waals surface area contributed by atoms with E-state index in [1.807, 2.05) is 43.3 Å². The molecule has 3 aromatic carbocycles. The number of hydrogen-bond acceptors (Lipinski definition) is 7. The smallest absolute Gasteiger partial charge is 0.439 e. The second-order valence-electron chi connectivity index (χ2n) is 11.3. The summed E-state index contributed by atoms with van der Waals surface area (Å²) in [5, 5.41) is 3.78. The number of halogens is 1. The van der Waals surface area contributed by atoms with Gasteiger partial charge < -0.3 is 4.74 Å². The van der Waals surface area contributed by atoms with Gasteiger partial charge in [-0.2, -0.15) is 0 Å². The highest BCUT2D eigenvalue weighted by molar-refractivity contribution is 5.80. The Balaban J connectivity index is 1.30. The van der Waals surface area contributed by atoms with E-state index in [2.05, 4.69) is 14.7 Å². The zero-order chi connectivity index (χ0) is 31.5. The van der Waals surface area contributed by atoms with E-state index in [0.717, 1.165) is 6.42 Å². The number of nitrogens with zero attached hydrogens (tertiary/aromatic N) is 3. The van der Waals surface area contributed by atoms with Gasteiger partial charge in [0.15, 0.2) is 5.82 Å². The lowest BCUT2D eigenvalue weighted by Crippen LogP contribution is -2.28. The molecule has 1 aliphatic carbocycles. The average Bonchev–Trinajstić information content (AvgIpc) is 3.48. The van der Waals surface area contributed by atoms with Crippen LogP contribution in [-0.4, -0.2) is 31.6 Å². The van der Waals surface area contributed by atoms with Crippen molar-refractivity contribution in [2.45, 2.75) is 64.9 Å². The molecule has 0 bridgehead atoms. The lowest BCUT2D eigenvalue weighted by atomic mass is 9.95. The zero-order valence-electron chi connectivity index (χ0n) is 25.1. The number of ketones is 1. The van der Waals surface area contributed by atoms with Crippen molar-refractivity contribution in [2.24, 2.45) is 0 Å². The van der Waals surface area contributed by atoms with Crippen LogP contribution < -0.4 is 16.1 Å². The quantitative estimate of drug-likeness (QED) is 0.214. The standard InChI is InChI=1S/C35H33FN4O5/c1-3-6-32-30(19-23-10-9-22(20-31(23)36)28-7-4-5-8-29(28)33-38-35(43)45-39-33)34(42)40(21(2)37-32)24-11-15-26(16-12-24)44-27-17-13-25(41)14-18-27/h4-5,7-12,15-16,20,27H,3,6,13-14,17-19H2,1-2H3,(H,38,39,43). The third kappa shape index (κ3) is 6.40. The number of aromatic amines is 1. The number of carbonyl (C=O) groups excluding carboxylic acids is 1. The van der Waals surface area contributed by atoms with Crippen molar-refractivity contribution in [2.75, 3.05) is 0 Å². The van der Waals surface area contributed by atoms with Crippen LogP contribution in [0.5, 0.6) is 5.75 Å². The SMILES string of the molecule is CCCc1nc(C)n(-c2ccc(OC3CCC(=O)CC3)cc2)c(=O)c1Cc1ccc(-c2ccccc2-c2noc(=O)[nH]2)cc1F. The number of carbonyl (C=O) groups is 1. The third-order valence-electron chi connectivity index (χ3n) is 8.16. The molecule has 0 radical (unpaired) electrons. The molecule has 0 unspecified atom stereocenters. The summed E-state index contributed by atoms with van der Waals surface area (Å²) in [5.41, 5.74) is 3.72. The predicted octanol–water partition coefficient (Wildman–Crippen LogP) is 6.12. The molecule has 0 saturated heterocycles. The number of aryl methyl sites for hydroxylation is 2. The fraction of sp³-hybridized carbons (Fsp3) is 0.286. The molecule has 0 amide bonds. The van der Waals surface area contributed by atoms with Gasteiger partial charge in [0.1, 0.15) is 23.2 Å². The molecule has 1 fully saturated rings. The Morgan fingerprint density at radius 1 is 1.00 bits per heavy atom. The molecule has 0 atom stereocenters. The fourth-order valence-electron chi connectivity index (χ4n) is 5.88. The Morgan fingerprint density at radius 3 is 2.40 bits per heavy atom. The Bertz CT molecular complexity index is 1970. The van der Waals surface area contributed by atoms with Crippen LogP contribution in [0.15, 0.2) is 80.8 Å². The molecule has 0 aliphatic heterocycles. The first kappa shape index (κ1) is 29.9. The first-order valence-corrected chi connectivity index (χ1v) is 15.1. The molecular formula is C35H33FN4O5. The number of nitrogens with one attached hydrogen (secondary N) is 1. The second-order valence-corrected chi connectivity index (χ2v) is 11.3. The van der Waals surface area contributed by atoms with Crippen molar-refractivity contribution in [3.63, 3.8) is 0 Å². The Morgan fingerprint density at radius 2 is 1.73 bits per heavy atom. The van der Waals surface area contributed by atoms with Gasteiger partial charge in [-0.05, 0) is 73.2 Å². The van der Waals surface area contributed by atoms with Gasteiger partial charge in [0.2, 0.25) is 0 Å². The van der Waals surface area contributed by atoms with Crippen molar-refractivity contribution < 1.29 is 18.4 Å². The summed E-state index contributed by atoms with van der Waals surface area (Å²) >= 11 is 0. The molecule has 10 heteroatoms. The normalized spacial score (nSPS) is 13.7. The van der Waals surface area contributed by atoms with Crippen LogP contribution in [0, 0.1) is 12.7 Å². The summed E-state index contributed by atoms with van der Waals surface area (Å²) < 4.78 is 28.0. The minimum atomic E-state index is -0.677. The lowest BCUT2D eigenvalue weighted by Gasteiger charge is -2.22. The Labute approximate surface area is 258 Å². The predicted molar refractivity (Wildman–Crippen MR) is 167 cm³/mol. The van der Waals surface area contributed by atoms with Gasteiger partial charge in [0, 0.05) is 30.4 Å². The van der Waals surface area contributed by atoms with Gasteiger partial charge in [0.05, 0.1) is 17.5 Å². The summed E-state index contributed by atoms with van der Waals surface area (Å²) in [6.45, 7) is 3.81. The second kappa shape index (κ2) is 12.9. The van der Waals surface area contributed by atoms with E-state index >= 15 is 4.39 Å². The van der Waals surface area contributed by atoms with Crippen molar-refractivity contribution in [1.29, 1.82) is 0 Å². The topological polar surface area (TPSA) is 120 Å². The average molecular weight is 609 g/mol. The molecule has 1 aliphatic rings. The van der Waals surface area contributed by atoms with Crippen LogP contribution in [0.4, 0.5) is 4.39 Å². The van der Waals surface area contributed by atoms with Crippen LogP contribution in [-0.2, 0) is 17.6 Å². The summed E-state index contributed by atoms with van der Waals surface area (Å²) in [5.74, 6) is 0.612. The maximum Gasteiger partial charge on any atom is 0.439 e.